The summed E-state index contributed by atoms with van der Waals surface area (Å²) in [6.07, 6.45) is 6.18. The van der Waals surface area contributed by atoms with E-state index in [9.17, 15) is 4.79 Å². The molecule has 1 aliphatic rings. The number of ketones is 1. The third-order valence-corrected chi connectivity index (χ3v) is 3.82. The molecule has 0 aliphatic heterocycles. The van der Waals surface area contributed by atoms with Crippen molar-refractivity contribution in [2.75, 3.05) is 0 Å². The van der Waals surface area contributed by atoms with Crippen LogP contribution in [0.25, 0.3) is 0 Å². The number of Topliss-reactive ketones (excluding diaryl/α,β-unsaturated/α-hetero) is 1. The highest BCUT2D eigenvalue weighted by Crippen LogP contribution is 2.25. The first-order chi connectivity index (χ1) is 7.25. The van der Waals surface area contributed by atoms with Gasteiger partial charge >= 0.3 is 0 Å². The van der Waals surface area contributed by atoms with Crippen LogP contribution in [-0.2, 0) is 11.2 Å². The van der Waals surface area contributed by atoms with Crippen LogP contribution >= 0.6 is 11.3 Å². The molecule has 1 aromatic heterocycles. The number of rotatable bonds is 3. The van der Waals surface area contributed by atoms with Crippen LogP contribution in [-0.4, -0.2) is 16.8 Å². The molecule has 2 rings (SSSR count). The van der Waals surface area contributed by atoms with Gasteiger partial charge in [-0.3, -0.25) is 4.79 Å². The van der Waals surface area contributed by atoms with Gasteiger partial charge in [0.05, 0.1) is 11.4 Å². The fourth-order valence-corrected chi connectivity index (χ4v) is 2.70. The minimum Gasteiger partial charge on any atom is -0.328 e. The first-order valence-corrected chi connectivity index (χ1v) is 6.30. The van der Waals surface area contributed by atoms with E-state index in [0.29, 0.717) is 18.2 Å². The minimum absolute atomic E-state index is 0.230. The standard InChI is InChI=1S/C11H16N2OS/c12-9-3-1-8(2-4-9)10(14)7-11-13-5-6-15-11/h5-6,8-9H,1-4,7,12H2. The summed E-state index contributed by atoms with van der Waals surface area (Å²) in [5.74, 6) is 0.575. The molecule has 0 unspecified atom stereocenters. The van der Waals surface area contributed by atoms with Crippen LogP contribution in [0.4, 0.5) is 0 Å². The van der Waals surface area contributed by atoms with E-state index in [2.05, 4.69) is 4.98 Å². The van der Waals surface area contributed by atoms with Gasteiger partial charge in [-0.2, -0.15) is 0 Å². The molecule has 0 amide bonds. The van der Waals surface area contributed by atoms with Crippen LogP contribution in [0, 0.1) is 5.92 Å². The number of hydrogen-bond acceptors (Lipinski definition) is 4. The van der Waals surface area contributed by atoms with Gasteiger partial charge in [-0.15, -0.1) is 11.3 Å². The van der Waals surface area contributed by atoms with Crippen LogP contribution in [0.2, 0.25) is 0 Å². The minimum atomic E-state index is 0.230. The van der Waals surface area contributed by atoms with Gasteiger partial charge in [0, 0.05) is 23.5 Å². The summed E-state index contributed by atoms with van der Waals surface area (Å²) in [4.78, 5) is 16.0. The maximum absolute atomic E-state index is 11.9. The third kappa shape index (κ3) is 2.86. The molecular formula is C11H16N2OS. The van der Waals surface area contributed by atoms with E-state index < -0.39 is 0 Å². The molecule has 0 radical (unpaired) electrons. The Kier molecular flexibility index (Phi) is 3.49. The number of nitrogens with two attached hydrogens (primary N) is 1. The zero-order valence-electron chi connectivity index (χ0n) is 8.69. The summed E-state index contributed by atoms with van der Waals surface area (Å²) in [5.41, 5.74) is 5.81. The highest BCUT2D eigenvalue weighted by Gasteiger charge is 2.24. The van der Waals surface area contributed by atoms with Crippen LogP contribution in [0.5, 0.6) is 0 Å². The Bertz CT molecular complexity index is 315. The van der Waals surface area contributed by atoms with Crippen molar-refractivity contribution in [3.05, 3.63) is 16.6 Å². The topological polar surface area (TPSA) is 56.0 Å². The molecule has 82 valence electrons. The maximum Gasteiger partial charge on any atom is 0.142 e. The number of carbonyl (C=O) groups is 1. The molecule has 0 saturated heterocycles. The molecule has 1 heterocycles. The van der Waals surface area contributed by atoms with Gasteiger partial charge in [-0.05, 0) is 25.7 Å². The second-order valence-corrected chi connectivity index (χ2v) is 5.16. The number of hydrogen-bond donors (Lipinski definition) is 1. The van der Waals surface area contributed by atoms with Gasteiger partial charge < -0.3 is 5.73 Å². The quantitative estimate of drug-likeness (QED) is 0.851. The molecule has 0 aromatic carbocycles. The van der Waals surface area contributed by atoms with Crippen molar-refractivity contribution < 1.29 is 4.79 Å². The molecule has 15 heavy (non-hydrogen) atoms. The average molecular weight is 224 g/mol. The van der Waals surface area contributed by atoms with E-state index >= 15 is 0 Å². The predicted octanol–water partition coefficient (Wildman–Crippen LogP) is 1.77. The fraction of sp³-hybridized carbons (Fsp3) is 0.636. The van der Waals surface area contributed by atoms with E-state index in [4.69, 9.17) is 5.73 Å². The number of carbonyl (C=O) groups excluding carboxylic acids is 1. The molecule has 1 aliphatic carbocycles. The predicted molar refractivity (Wildman–Crippen MR) is 60.8 cm³/mol. The van der Waals surface area contributed by atoms with E-state index in [1.807, 2.05) is 5.38 Å². The van der Waals surface area contributed by atoms with Crippen LogP contribution in [0.15, 0.2) is 11.6 Å². The van der Waals surface area contributed by atoms with Crippen molar-refractivity contribution in [1.82, 2.24) is 4.98 Å². The maximum atomic E-state index is 11.9. The first-order valence-electron chi connectivity index (χ1n) is 5.42. The number of nitrogens with zero attached hydrogens (tertiary/aromatic N) is 1. The van der Waals surface area contributed by atoms with Crippen LogP contribution in [0.1, 0.15) is 30.7 Å². The summed E-state index contributed by atoms with van der Waals surface area (Å²) in [5, 5.41) is 2.86. The molecule has 1 saturated carbocycles. The molecular weight excluding hydrogens is 208 g/mol. The lowest BCUT2D eigenvalue weighted by atomic mass is 9.83. The van der Waals surface area contributed by atoms with Crippen molar-refractivity contribution in [3.8, 4) is 0 Å². The second kappa shape index (κ2) is 4.86. The molecule has 1 fully saturated rings. The smallest absolute Gasteiger partial charge is 0.142 e. The molecule has 2 N–H and O–H groups in total. The zero-order chi connectivity index (χ0) is 10.7. The van der Waals surface area contributed by atoms with E-state index in [1.54, 1.807) is 17.5 Å². The summed E-state index contributed by atoms with van der Waals surface area (Å²) < 4.78 is 0. The Balaban J connectivity index is 1.86. The lowest BCUT2D eigenvalue weighted by Gasteiger charge is -2.24. The lowest BCUT2D eigenvalue weighted by Crippen LogP contribution is -2.30. The van der Waals surface area contributed by atoms with Gasteiger partial charge in [0.15, 0.2) is 0 Å². The molecule has 1 aromatic rings. The van der Waals surface area contributed by atoms with E-state index in [1.165, 1.54) is 0 Å². The number of aromatic nitrogens is 1. The largest absolute Gasteiger partial charge is 0.328 e. The van der Waals surface area contributed by atoms with Crippen molar-refractivity contribution in [2.45, 2.75) is 38.1 Å². The van der Waals surface area contributed by atoms with Crippen molar-refractivity contribution in [1.29, 1.82) is 0 Å². The third-order valence-electron chi connectivity index (χ3n) is 3.04. The average Bonchev–Trinajstić information content (AvgIpc) is 2.71. The fourth-order valence-electron chi connectivity index (χ4n) is 2.07. The molecule has 0 atom stereocenters. The Morgan fingerprint density at radius 2 is 2.20 bits per heavy atom. The zero-order valence-corrected chi connectivity index (χ0v) is 9.50. The van der Waals surface area contributed by atoms with Gasteiger partial charge in [0.2, 0.25) is 0 Å². The molecule has 0 spiro atoms. The summed E-state index contributed by atoms with van der Waals surface area (Å²) in [6.45, 7) is 0. The lowest BCUT2D eigenvalue weighted by molar-refractivity contribution is -0.123. The number of thiazole rings is 1. The Morgan fingerprint density at radius 3 is 2.80 bits per heavy atom. The van der Waals surface area contributed by atoms with Crippen molar-refractivity contribution in [3.63, 3.8) is 0 Å². The SMILES string of the molecule is NC1CCC(C(=O)Cc2nccs2)CC1. The second-order valence-electron chi connectivity index (χ2n) is 4.18. The van der Waals surface area contributed by atoms with Crippen molar-refractivity contribution in [2.24, 2.45) is 11.7 Å². The normalized spacial score (nSPS) is 26.5. The summed E-state index contributed by atoms with van der Waals surface area (Å²) in [6, 6.07) is 0.314. The van der Waals surface area contributed by atoms with E-state index in [-0.39, 0.29) is 5.92 Å². The summed E-state index contributed by atoms with van der Waals surface area (Å²) in [7, 11) is 0. The molecule has 3 nitrogen and oxygen atoms in total. The van der Waals surface area contributed by atoms with Gasteiger partial charge in [0.25, 0.3) is 0 Å². The summed E-state index contributed by atoms with van der Waals surface area (Å²) >= 11 is 1.56. The first kappa shape index (κ1) is 10.8. The van der Waals surface area contributed by atoms with E-state index in [0.717, 1.165) is 30.7 Å². The van der Waals surface area contributed by atoms with Gasteiger partial charge in [-0.25, -0.2) is 4.98 Å². The Hall–Kier alpha value is -0.740. The Labute approximate surface area is 93.7 Å². The van der Waals surface area contributed by atoms with Crippen LogP contribution < -0.4 is 5.73 Å². The Morgan fingerprint density at radius 1 is 1.47 bits per heavy atom. The van der Waals surface area contributed by atoms with Gasteiger partial charge in [-0.1, -0.05) is 0 Å². The van der Waals surface area contributed by atoms with Crippen LogP contribution in [0.3, 0.4) is 0 Å². The van der Waals surface area contributed by atoms with Crippen molar-refractivity contribution >= 4 is 17.1 Å². The van der Waals surface area contributed by atoms with Gasteiger partial charge in [0.1, 0.15) is 5.78 Å². The molecule has 0 bridgehead atoms. The molecule has 4 heteroatoms. The monoisotopic (exact) mass is 224 g/mol. The highest BCUT2D eigenvalue weighted by atomic mass is 32.1. The highest BCUT2D eigenvalue weighted by molar-refractivity contribution is 7.09.